The molecule has 0 saturated carbocycles. The Morgan fingerprint density at radius 2 is 2.06 bits per heavy atom. The van der Waals surface area contributed by atoms with Crippen molar-refractivity contribution in [1.82, 2.24) is 5.32 Å². The topological polar surface area (TPSA) is 29.1 Å². The smallest absolute Gasteiger partial charge is 0.225 e. The van der Waals surface area contributed by atoms with E-state index in [0.29, 0.717) is 6.42 Å². The van der Waals surface area contributed by atoms with Gasteiger partial charge in [-0.15, -0.1) is 6.42 Å². The molecule has 17 heavy (non-hydrogen) atoms. The molecule has 0 aromatic heterocycles. The number of rotatable bonds is 3. The highest BCUT2D eigenvalue weighted by Gasteiger charge is 2.17. The lowest BCUT2D eigenvalue weighted by atomic mass is 10.0. The van der Waals surface area contributed by atoms with Crippen molar-refractivity contribution >= 4 is 5.91 Å². The highest BCUT2D eigenvalue weighted by Crippen LogP contribution is 2.12. The van der Waals surface area contributed by atoms with Gasteiger partial charge in [0.05, 0.1) is 12.0 Å². The fourth-order valence-electron chi connectivity index (χ4n) is 1.59. The SMILES string of the molecule is C#CC(C)(C)NC(=O)Cc1cc(C)ccc1C. The van der Waals surface area contributed by atoms with Crippen molar-refractivity contribution in [3.8, 4) is 12.3 Å². The van der Waals surface area contributed by atoms with Gasteiger partial charge in [-0.25, -0.2) is 0 Å². The van der Waals surface area contributed by atoms with Crippen LogP contribution in [0.2, 0.25) is 0 Å². The number of aryl methyl sites for hydroxylation is 2. The van der Waals surface area contributed by atoms with E-state index in [1.54, 1.807) is 0 Å². The predicted octanol–water partition coefficient (Wildman–Crippen LogP) is 2.37. The second-order valence-electron chi connectivity index (χ2n) is 4.92. The molecule has 1 aromatic carbocycles. The van der Waals surface area contributed by atoms with Crippen LogP contribution < -0.4 is 5.32 Å². The summed E-state index contributed by atoms with van der Waals surface area (Å²) in [6.07, 6.45) is 5.71. The lowest BCUT2D eigenvalue weighted by molar-refractivity contribution is -0.121. The van der Waals surface area contributed by atoms with Crippen LogP contribution in [0.15, 0.2) is 18.2 Å². The number of carbonyl (C=O) groups is 1. The standard InChI is InChI=1S/C15H19NO/c1-6-15(4,5)16-14(17)10-13-9-11(2)7-8-12(13)3/h1,7-9H,10H2,2-5H3,(H,16,17). The van der Waals surface area contributed by atoms with Crippen LogP contribution in [-0.4, -0.2) is 11.4 Å². The molecule has 0 radical (unpaired) electrons. The van der Waals surface area contributed by atoms with Crippen molar-refractivity contribution in [1.29, 1.82) is 0 Å². The lowest BCUT2D eigenvalue weighted by Gasteiger charge is -2.19. The summed E-state index contributed by atoms with van der Waals surface area (Å²) in [7, 11) is 0. The van der Waals surface area contributed by atoms with Crippen molar-refractivity contribution in [3.63, 3.8) is 0 Å². The zero-order valence-corrected chi connectivity index (χ0v) is 10.9. The van der Waals surface area contributed by atoms with Gasteiger partial charge in [0.15, 0.2) is 0 Å². The molecular formula is C15H19NO. The molecule has 0 bridgehead atoms. The molecule has 0 aliphatic rings. The summed E-state index contributed by atoms with van der Waals surface area (Å²) < 4.78 is 0. The first-order valence-corrected chi connectivity index (χ1v) is 5.69. The third-order valence-electron chi connectivity index (χ3n) is 2.67. The van der Waals surface area contributed by atoms with Gasteiger partial charge in [0.25, 0.3) is 0 Å². The predicted molar refractivity (Wildman–Crippen MR) is 70.7 cm³/mol. The highest BCUT2D eigenvalue weighted by atomic mass is 16.1. The Hall–Kier alpha value is -1.75. The maximum absolute atomic E-state index is 11.8. The minimum atomic E-state index is -0.588. The van der Waals surface area contributed by atoms with Crippen LogP contribution in [0, 0.1) is 26.2 Å². The van der Waals surface area contributed by atoms with Gasteiger partial charge in [0.2, 0.25) is 5.91 Å². The molecule has 1 amide bonds. The number of carbonyl (C=O) groups excluding carboxylic acids is 1. The van der Waals surface area contributed by atoms with Gasteiger partial charge in [-0.1, -0.05) is 29.7 Å². The molecule has 0 fully saturated rings. The van der Waals surface area contributed by atoms with E-state index in [1.165, 1.54) is 0 Å². The molecule has 0 atom stereocenters. The van der Waals surface area contributed by atoms with Gasteiger partial charge in [0, 0.05) is 0 Å². The maximum Gasteiger partial charge on any atom is 0.225 e. The van der Waals surface area contributed by atoms with Crippen LogP contribution >= 0.6 is 0 Å². The molecule has 1 N–H and O–H groups in total. The summed E-state index contributed by atoms with van der Waals surface area (Å²) in [4.78, 5) is 11.8. The van der Waals surface area contributed by atoms with Crippen LogP contribution in [0.3, 0.4) is 0 Å². The average molecular weight is 229 g/mol. The third-order valence-corrected chi connectivity index (χ3v) is 2.67. The van der Waals surface area contributed by atoms with E-state index >= 15 is 0 Å². The fourth-order valence-corrected chi connectivity index (χ4v) is 1.59. The summed E-state index contributed by atoms with van der Waals surface area (Å²) in [5, 5.41) is 2.83. The Balaban J connectivity index is 2.76. The van der Waals surface area contributed by atoms with Crippen LogP contribution in [0.25, 0.3) is 0 Å². The molecule has 90 valence electrons. The third kappa shape index (κ3) is 3.96. The summed E-state index contributed by atoms with van der Waals surface area (Å²) in [6.45, 7) is 7.66. The van der Waals surface area contributed by atoms with Crippen LogP contribution in [0.5, 0.6) is 0 Å². The Morgan fingerprint density at radius 1 is 1.41 bits per heavy atom. The Morgan fingerprint density at radius 3 is 2.65 bits per heavy atom. The lowest BCUT2D eigenvalue weighted by Crippen LogP contribution is -2.42. The van der Waals surface area contributed by atoms with Gasteiger partial charge < -0.3 is 5.32 Å². The zero-order chi connectivity index (χ0) is 13.1. The molecule has 0 saturated heterocycles. The van der Waals surface area contributed by atoms with Crippen LogP contribution in [0.4, 0.5) is 0 Å². The zero-order valence-electron chi connectivity index (χ0n) is 10.9. The monoisotopic (exact) mass is 229 g/mol. The first-order chi connectivity index (χ1) is 7.84. The summed E-state index contributed by atoms with van der Waals surface area (Å²) >= 11 is 0. The van der Waals surface area contributed by atoms with Crippen LogP contribution in [0.1, 0.15) is 30.5 Å². The second-order valence-corrected chi connectivity index (χ2v) is 4.92. The minimum Gasteiger partial charge on any atom is -0.340 e. The van der Waals surface area contributed by atoms with E-state index in [-0.39, 0.29) is 5.91 Å². The van der Waals surface area contributed by atoms with Gasteiger partial charge >= 0.3 is 0 Å². The number of benzene rings is 1. The van der Waals surface area contributed by atoms with E-state index in [0.717, 1.165) is 16.7 Å². The second kappa shape index (κ2) is 5.05. The number of amides is 1. The fraction of sp³-hybridized carbons (Fsp3) is 0.400. The largest absolute Gasteiger partial charge is 0.340 e. The molecule has 2 heteroatoms. The summed E-state index contributed by atoms with van der Waals surface area (Å²) in [5.74, 6) is 2.51. The molecule has 1 rings (SSSR count). The van der Waals surface area contributed by atoms with Crippen LogP contribution in [-0.2, 0) is 11.2 Å². The molecule has 2 nitrogen and oxygen atoms in total. The summed E-state index contributed by atoms with van der Waals surface area (Å²) in [5.41, 5.74) is 2.75. The molecule has 0 heterocycles. The summed E-state index contributed by atoms with van der Waals surface area (Å²) in [6, 6.07) is 6.12. The molecule has 0 aliphatic heterocycles. The number of hydrogen-bond donors (Lipinski definition) is 1. The maximum atomic E-state index is 11.8. The molecule has 1 aromatic rings. The van der Waals surface area contributed by atoms with E-state index in [4.69, 9.17) is 6.42 Å². The quantitative estimate of drug-likeness (QED) is 0.792. The van der Waals surface area contributed by atoms with Crippen molar-refractivity contribution in [2.24, 2.45) is 0 Å². The number of nitrogens with one attached hydrogen (secondary N) is 1. The van der Waals surface area contributed by atoms with Gasteiger partial charge in [-0.3, -0.25) is 4.79 Å². The number of hydrogen-bond acceptors (Lipinski definition) is 1. The highest BCUT2D eigenvalue weighted by molar-refractivity contribution is 5.80. The van der Waals surface area contributed by atoms with Gasteiger partial charge in [-0.05, 0) is 38.8 Å². The molecular weight excluding hydrogens is 210 g/mol. The normalized spacial score (nSPS) is 10.8. The first-order valence-electron chi connectivity index (χ1n) is 5.69. The van der Waals surface area contributed by atoms with E-state index in [9.17, 15) is 4.79 Å². The van der Waals surface area contributed by atoms with Crippen molar-refractivity contribution in [3.05, 3.63) is 34.9 Å². The van der Waals surface area contributed by atoms with Gasteiger partial charge in [0.1, 0.15) is 0 Å². The Kier molecular flexibility index (Phi) is 3.96. The minimum absolute atomic E-state index is 0.0401. The van der Waals surface area contributed by atoms with E-state index < -0.39 is 5.54 Å². The Bertz CT molecular complexity index is 466. The first kappa shape index (κ1) is 13.3. The van der Waals surface area contributed by atoms with Crippen molar-refractivity contribution < 1.29 is 4.79 Å². The van der Waals surface area contributed by atoms with E-state index in [2.05, 4.69) is 11.2 Å². The average Bonchev–Trinajstić information content (AvgIpc) is 2.23. The van der Waals surface area contributed by atoms with Crippen molar-refractivity contribution in [2.75, 3.05) is 0 Å². The van der Waals surface area contributed by atoms with Gasteiger partial charge in [-0.2, -0.15) is 0 Å². The molecule has 0 spiro atoms. The van der Waals surface area contributed by atoms with Crippen molar-refractivity contribution in [2.45, 2.75) is 39.7 Å². The number of terminal acetylenes is 1. The molecule has 0 aliphatic carbocycles. The van der Waals surface area contributed by atoms with E-state index in [1.807, 2.05) is 45.9 Å². The Labute approximate surface area is 103 Å². The molecule has 0 unspecified atom stereocenters.